The van der Waals surface area contributed by atoms with Crippen molar-refractivity contribution in [2.24, 2.45) is 11.7 Å². The number of amides is 1. The molecule has 1 aromatic heterocycles. The minimum absolute atomic E-state index is 0.114. The van der Waals surface area contributed by atoms with Crippen molar-refractivity contribution in [3.05, 3.63) is 5.89 Å². The van der Waals surface area contributed by atoms with E-state index in [-0.39, 0.29) is 11.9 Å². The molecule has 7 heteroatoms. The Kier molecular flexibility index (Phi) is 4.86. The van der Waals surface area contributed by atoms with Gasteiger partial charge in [-0.05, 0) is 38.3 Å². The Morgan fingerprint density at radius 3 is 3.11 bits per heavy atom. The largest absolute Gasteiger partial charge is 0.408 e. The van der Waals surface area contributed by atoms with E-state index in [1.807, 2.05) is 0 Å². The first kappa shape index (κ1) is 14.0. The van der Waals surface area contributed by atoms with E-state index in [4.69, 9.17) is 10.2 Å². The molecule has 0 spiro atoms. The van der Waals surface area contributed by atoms with Gasteiger partial charge in [0.05, 0.1) is 6.54 Å². The molecule has 106 valence electrons. The average molecular weight is 267 g/mol. The van der Waals surface area contributed by atoms with Crippen molar-refractivity contribution in [2.45, 2.75) is 26.2 Å². The van der Waals surface area contributed by atoms with Crippen LogP contribution in [0.25, 0.3) is 0 Å². The number of nitrogens with one attached hydrogen (secondary N) is 1. The van der Waals surface area contributed by atoms with Crippen molar-refractivity contribution in [3.63, 3.8) is 0 Å². The number of aryl methyl sites for hydroxylation is 1. The number of likely N-dealkylation sites (tertiary alicyclic amines) is 1. The van der Waals surface area contributed by atoms with E-state index in [0.29, 0.717) is 24.9 Å². The Morgan fingerprint density at radius 2 is 2.42 bits per heavy atom. The van der Waals surface area contributed by atoms with Gasteiger partial charge in [-0.2, -0.15) is 0 Å². The molecule has 0 saturated carbocycles. The van der Waals surface area contributed by atoms with Crippen LogP contribution >= 0.6 is 0 Å². The monoisotopic (exact) mass is 267 g/mol. The summed E-state index contributed by atoms with van der Waals surface area (Å²) in [4.78, 5) is 14.0. The van der Waals surface area contributed by atoms with Gasteiger partial charge in [0.25, 0.3) is 0 Å². The molecule has 1 aromatic rings. The molecule has 2 heterocycles. The minimum Gasteiger partial charge on any atom is -0.408 e. The van der Waals surface area contributed by atoms with E-state index < -0.39 is 0 Å². The van der Waals surface area contributed by atoms with Crippen LogP contribution in [0.15, 0.2) is 4.42 Å². The molecule has 7 nitrogen and oxygen atoms in total. The molecule has 1 fully saturated rings. The molecular formula is C12H21N5O2. The van der Waals surface area contributed by atoms with Crippen LogP contribution in [0.4, 0.5) is 6.01 Å². The van der Waals surface area contributed by atoms with Crippen LogP contribution in [-0.2, 0) is 4.79 Å². The van der Waals surface area contributed by atoms with Crippen molar-refractivity contribution in [3.8, 4) is 0 Å². The molecule has 1 saturated heterocycles. The fourth-order valence-corrected chi connectivity index (χ4v) is 2.48. The summed E-state index contributed by atoms with van der Waals surface area (Å²) >= 11 is 0. The number of carbonyl (C=O) groups is 1. The molecule has 1 atom stereocenters. The van der Waals surface area contributed by atoms with Gasteiger partial charge >= 0.3 is 6.01 Å². The first-order valence-electron chi connectivity index (χ1n) is 6.69. The van der Waals surface area contributed by atoms with E-state index in [1.54, 1.807) is 6.92 Å². The zero-order chi connectivity index (χ0) is 13.7. The van der Waals surface area contributed by atoms with Gasteiger partial charge < -0.3 is 10.2 Å². The third-order valence-electron chi connectivity index (χ3n) is 3.32. The van der Waals surface area contributed by atoms with Gasteiger partial charge in [0.2, 0.25) is 11.8 Å². The number of hydrogen-bond acceptors (Lipinski definition) is 6. The number of nitrogens with two attached hydrogens (primary N) is 1. The number of carbonyl (C=O) groups excluding carboxylic acids is 1. The number of piperidine rings is 1. The first-order chi connectivity index (χ1) is 9.17. The first-order valence-corrected chi connectivity index (χ1v) is 6.69. The van der Waals surface area contributed by atoms with Crippen LogP contribution in [0, 0.1) is 12.8 Å². The molecule has 2 rings (SSSR count). The standard InChI is InChI=1S/C12H21N5O2/c1-9-15-16-12(19-9)14-11(18)8-17-6-2-3-10(7-17)4-5-13/h10H,2-8,13H2,1H3,(H,14,16,18). The molecule has 1 unspecified atom stereocenters. The van der Waals surface area contributed by atoms with Gasteiger partial charge in [-0.15, -0.1) is 5.10 Å². The maximum absolute atomic E-state index is 11.8. The van der Waals surface area contributed by atoms with Crippen molar-refractivity contribution >= 4 is 11.9 Å². The highest BCUT2D eigenvalue weighted by Crippen LogP contribution is 2.18. The smallest absolute Gasteiger partial charge is 0.322 e. The quantitative estimate of drug-likeness (QED) is 0.800. The summed E-state index contributed by atoms with van der Waals surface area (Å²) in [5.41, 5.74) is 5.59. The second-order valence-corrected chi connectivity index (χ2v) is 5.00. The second-order valence-electron chi connectivity index (χ2n) is 5.00. The predicted octanol–water partition coefficient (Wildman–Crippen LogP) is 0.377. The van der Waals surface area contributed by atoms with Gasteiger partial charge in [-0.25, -0.2) is 0 Å². The lowest BCUT2D eigenvalue weighted by Gasteiger charge is -2.31. The highest BCUT2D eigenvalue weighted by atomic mass is 16.4. The van der Waals surface area contributed by atoms with Crippen molar-refractivity contribution in [1.82, 2.24) is 15.1 Å². The van der Waals surface area contributed by atoms with Crippen molar-refractivity contribution < 1.29 is 9.21 Å². The fraction of sp³-hybridized carbons (Fsp3) is 0.750. The van der Waals surface area contributed by atoms with Gasteiger partial charge in [-0.3, -0.25) is 15.0 Å². The average Bonchev–Trinajstić information content (AvgIpc) is 2.75. The summed E-state index contributed by atoms with van der Waals surface area (Å²) in [6.07, 6.45) is 3.36. The van der Waals surface area contributed by atoms with Crippen LogP contribution in [-0.4, -0.2) is 47.2 Å². The van der Waals surface area contributed by atoms with Gasteiger partial charge in [0, 0.05) is 13.5 Å². The number of aromatic nitrogens is 2. The van der Waals surface area contributed by atoms with E-state index in [2.05, 4.69) is 20.4 Å². The number of hydrogen-bond donors (Lipinski definition) is 2. The Morgan fingerprint density at radius 1 is 1.58 bits per heavy atom. The summed E-state index contributed by atoms with van der Waals surface area (Å²) in [6, 6.07) is 0.165. The topological polar surface area (TPSA) is 97.3 Å². The van der Waals surface area contributed by atoms with Gasteiger partial charge in [0.15, 0.2) is 0 Å². The molecule has 19 heavy (non-hydrogen) atoms. The maximum atomic E-state index is 11.8. The Balaban J connectivity index is 1.78. The van der Waals surface area contributed by atoms with Crippen LogP contribution in [0.1, 0.15) is 25.2 Å². The molecular weight excluding hydrogens is 246 g/mol. The lowest BCUT2D eigenvalue weighted by atomic mass is 9.95. The fourth-order valence-electron chi connectivity index (χ4n) is 2.48. The van der Waals surface area contributed by atoms with Crippen LogP contribution in [0.2, 0.25) is 0 Å². The normalized spacial score (nSPS) is 20.4. The minimum atomic E-state index is -0.114. The summed E-state index contributed by atoms with van der Waals surface area (Å²) in [5.74, 6) is 0.936. The molecule has 0 aromatic carbocycles. The summed E-state index contributed by atoms with van der Waals surface area (Å²) < 4.78 is 5.11. The molecule has 0 aliphatic carbocycles. The van der Waals surface area contributed by atoms with Crippen molar-refractivity contribution in [2.75, 3.05) is 31.5 Å². The highest BCUT2D eigenvalue weighted by Gasteiger charge is 2.21. The van der Waals surface area contributed by atoms with E-state index in [9.17, 15) is 4.79 Å². The van der Waals surface area contributed by atoms with Crippen LogP contribution < -0.4 is 11.1 Å². The molecule has 1 aliphatic rings. The highest BCUT2D eigenvalue weighted by molar-refractivity contribution is 5.90. The maximum Gasteiger partial charge on any atom is 0.322 e. The summed E-state index contributed by atoms with van der Waals surface area (Å²) in [7, 11) is 0. The zero-order valence-electron chi connectivity index (χ0n) is 11.3. The van der Waals surface area contributed by atoms with E-state index in [1.165, 1.54) is 6.42 Å². The van der Waals surface area contributed by atoms with Gasteiger partial charge in [-0.1, -0.05) is 5.10 Å². The SMILES string of the molecule is Cc1nnc(NC(=O)CN2CCCC(CCN)C2)o1. The lowest BCUT2D eigenvalue weighted by Crippen LogP contribution is -2.41. The number of rotatable bonds is 5. The molecule has 3 N–H and O–H groups in total. The summed E-state index contributed by atoms with van der Waals surface area (Å²) in [5, 5.41) is 10.0. The van der Waals surface area contributed by atoms with E-state index >= 15 is 0 Å². The van der Waals surface area contributed by atoms with Gasteiger partial charge in [0.1, 0.15) is 0 Å². The molecule has 0 radical (unpaired) electrons. The zero-order valence-corrected chi connectivity index (χ0v) is 11.3. The Hall–Kier alpha value is -1.47. The van der Waals surface area contributed by atoms with E-state index in [0.717, 1.165) is 25.9 Å². The van der Waals surface area contributed by atoms with Crippen LogP contribution in [0.5, 0.6) is 0 Å². The predicted molar refractivity (Wildman–Crippen MR) is 70.5 cm³/mol. The summed E-state index contributed by atoms with van der Waals surface area (Å²) in [6.45, 7) is 4.66. The molecule has 1 amide bonds. The molecule has 0 bridgehead atoms. The second kappa shape index (κ2) is 6.63. The number of anilines is 1. The Bertz CT molecular complexity index is 418. The molecule has 1 aliphatic heterocycles. The van der Waals surface area contributed by atoms with Crippen molar-refractivity contribution in [1.29, 1.82) is 0 Å². The number of nitrogens with zero attached hydrogens (tertiary/aromatic N) is 3. The third-order valence-corrected chi connectivity index (χ3v) is 3.32. The third kappa shape index (κ3) is 4.29. The van der Waals surface area contributed by atoms with Crippen LogP contribution in [0.3, 0.4) is 0 Å². The Labute approximate surface area is 112 Å². The lowest BCUT2D eigenvalue weighted by molar-refractivity contribution is -0.117.